The summed E-state index contributed by atoms with van der Waals surface area (Å²) in [6, 6.07) is 9.12. The maximum atomic E-state index is 12.3. The van der Waals surface area contributed by atoms with Crippen LogP contribution in [0.5, 0.6) is 11.5 Å². The van der Waals surface area contributed by atoms with Gasteiger partial charge in [0.2, 0.25) is 5.91 Å². The van der Waals surface area contributed by atoms with E-state index in [1.54, 1.807) is 56.1 Å². The first kappa shape index (κ1) is 17.9. The number of hydrogen-bond acceptors (Lipinski definition) is 6. The van der Waals surface area contributed by atoms with Gasteiger partial charge in [0.1, 0.15) is 11.5 Å². The molecule has 0 unspecified atom stereocenters. The number of benzene rings is 1. The second-order valence-electron chi connectivity index (χ2n) is 5.48. The molecule has 0 aliphatic rings. The molecule has 1 N–H and O–H groups in total. The fourth-order valence-electron chi connectivity index (χ4n) is 2.41. The molecule has 0 aliphatic heterocycles. The van der Waals surface area contributed by atoms with Gasteiger partial charge < -0.3 is 14.8 Å². The number of carbonyl (C=O) groups excluding carboxylic acids is 1. The molecule has 2 aromatic heterocycles. The minimum atomic E-state index is -0.0911. The van der Waals surface area contributed by atoms with Crippen molar-refractivity contribution in [3.63, 3.8) is 0 Å². The van der Waals surface area contributed by atoms with Crippen LogP contribution in [0.1, 0.15) is 11.4 Å². The van der Waals surface area contributed by atoms with Crippen molar-refractivity contribution in [1.29, 1.82) is 0 Å². The van der Waals surface area contributed by atoms with Gasteiger partial charge in [-0.1, -0.05) is 0 Å². The Labute approximate surface area is 155 Å². The maximum Gasteiger partial charge on any atom is 0.224 e. The number of rotatable bonds is 7. The molecule has 7 heteroatoms. The van der Waals surface area contributed by atoms with Crippen molar-refractivity contribution in [3.05, 3.63) is 53.1 Å². The molecule has 1 aromatic carbocycles. The first-order valence-electron chi connectivity index (χ1n) is 8.06. The normalized spacial score (nSPS) is 10.4. The fourth-order valence-corrected chi connectivity index (χ4v) is 3.21. The van der Waals surface area contributed by atoms with Gasteiger partial charge in [0.15, 0.2) is 0 Å². The number of aryl methyl sites for hydroxylation is 1. The predicted octanol–water partition coefficient (Wildman–Crippen LogP) is 3.79. The highest BCUT2D eigenvalue weighted by Crippen LogP contribution is 2.29. The highest BCUT2D eigenvalue weighted by atomic mass is 32.1. The predicted molar refractivity (Wildman–Crippen MR) is 102 cm³/mol. The van der Waals surface area contributed by atoms with Crippen LogP contribution in [0.3, 0.4) is 0 Å². The van der Waals surface area contributed by atoms with E-state index in [0.717, 1.165) is 16.3 Å². The van der Waals surface area contributed by atoms with Crippen LogP contribution < -0.4 is 14.8 Å². The van der Waals surface area contributed by atoms with Gasteiger partial charge in [-0.15, -0.1) is 11.3 Å². The molecular weight excluding hydrogens is 350 g/mol. The van der Waals surface area contributed by atoms with E-state index in [1.807, 2.05) is 17.5 Å². The van der Waals surface area contributed by atoms with E-state index >= 15 is 0 Å². The molecule has 0 bridgehead atoms. The highest BCUT2D eigenvalue weighted by Gasteiger charge is 2.11. The first-order valence-corrected chi connectivity index (χ1v) is 8.94. The molecule has 0 aliphatic carbocycles. The van der Waals surface area contributed by atoms with Crippen LogP contribution in [0.2, 0.25) is 0 Å². The minimum Gasteiger partial charge on any atom is -0.497 e. The second kappa shape index (κ2) is 8.44. The summed E-state index contributed by atoms with van der Waals surface area (Å²) >= 11 is 1.55. The number of aromatic nitrogens is 2. The van der Waals surface area contributed by atoms with E-state index in [2.05, 4.69) is 15.3 Å². The number of amides is 1. The highest BCUT2D eigenvalue weighted by molar-refractivity contribution is 7.09. The van der Waals surface area contributed by atoms with E-state index in [1.165, 1.54) is 0 Å². The van der Waals surface area contributed by atoms with Crippen LogP contribution >= 0.6 is 11.3 Å². The number of carbonyl (C=O) groups is 1. The molecule has 0 spiro atoms. The van der Waals surface area contributed by atoms with Crippen molar-refractivity contribution < 1.29 is 14.3 Å². The minimum absolute atomic E-state index is 0.0911. The molecule has 0 radical (unpaired) electrons. The molecule has 0 saturated heterocycles. The zero-order valence-corrected chi connectivity index (χ0v) is 15.4. The Kier molecular flexibility index (Phi) is 5.80. The quantitative estimate of drug-likeness (QED) is 0.686. The van der Waals surface area contributed by atoms with Gasteiger partial charge in [0.25, 0.3) is 0 Å². The molecule has 3 rings (SSSR count). The molecule has 0 atom stereocenters. The zero-order valence-electron chi connectivity index (χ0n) is 14.6. The summed E-state index contributed by atoms with van der Waals surface area (Å²) in [5.74, 6) is 1.14. The van der Waals surface area contributed by atoms with Crippen molar-refractivity contribution in [3.8, 4) is 22.8 Å². The van der Waals surface area contributed by atoms with Gasteiger partial charge in [-0.25, -0.2) is 4.98 Å². The van der Waals surface area contributed by atoms with E-state index in [9.17, 15) is 4.79 Å². The molecule has 134 valence electrons. The van der Waals surface area contributed by atoms with Crippen molar-refractivity contribution in [1.82, 2.24) is 9.97 Å². The van der Waals surface area contributed by atoms with Crippen molar-refractivity contribution in [2.75, 3.05) is 19.5 Å². The van der Waals surface area contributed by atoms with Gasteiger partial charge in [-0.05, 0) is 24.3 Å². The van der Waals surface area contributed by atoms with Gasteiger partial charge in [-0.2, -0.15) is 0 Å². The number of pyridine rings is 1. The van der Waals surface area contributed by atoms with E-state index in [-0.39, 0.29) is 5.91 Å². The van der Waals surface area contributed by atoms with E-state index < -0.39 is 0 Å². The Morgan fingerprint density at radius 2 is 2.12 bits per heavy atom. The third-order valence-corrected chi connectivity index (χ3v) is 4.67. The molecule has 2 heterocycles. The van der Waals surface area contributed by atoms with Crippen LogP contribution in [-0.4, -0.2) is 30.1 Å². The summed E-state index contributed by atoms with van der Waals surface area (Å²) in [4.78, 5) is 20.9. The SMILES string of the molecule is COc1ccc(NC(=O)CCc2nc(-c3cccnc3)cs2)c(OC)c1. The summed E-state index contributed by atoms with van der Waals surface area (Å²) in [6.45, 7) is 0. The first-order chi connectivity index (χ1) is 12.7. The Morgan fingerprint density at radius 1 is 1.23 bits per heavy atom. The third kappa shape index (κ3) is 4.37. The topological polar surface area (TPSA) is 73.3 Å². The van der Waals surface area contributed by atoms with E-state index in [0.29, 0.717) is 30.0 Å². The van der Waals surface area contributed by atoms with Crippen LogP contribution in [0.4, 0.5) is 5.69 Å². The lowest BCUT2D eigenvalue weighted by Gasteiger charge is -2.11. The van der Waals surface area contributed by atoms with Gasteiger partial charge in [0.05, 0.1) is 30.6 Å². The maximum absolute atomic E-state index is 12.3. The van der Waals surface area contributed by atoms with Crippen molar-refractivity contribution >= 4 is 22.9 Å². The lowest BCUT2D eigenvalue weighted by atomic mass is 10.2. The lowest BCUT2D eigenvalue weighted by molar-refractivity contribution is -0.116. The summed E-state index contributed by atoms with van der Waals surface area (Å²) in [6.07, 6.45) is 4.43. The fraction of sp³-hybridized carbons (Fsp3) is 0.211. The summed E-state index contributed by atoms with van der Waals surface area (Å²) in [7, 11) is 3.14. The number of thiazole rings is 1. The molecule has 26 heavy (non-hydrogen) atoms. The summed E-state index contributed by atoms with van der Waals surface area (Å²) in [5.41, 5.74) is 2.48. The van der Waals surface area contributed by atoms with Crippen LogP contribution in [0.15, 0.2) is 48.1 Å². The van der Waals surface area contributed by atoms with Crippen LogP contribution in [0.25, 0.3) is 11.3 Å². The van der Waals surface area contributed by atoms with Crippen molar-refractivity contribution in [2.45, 2.75) is 12.8 Å². The monoisotopic (exact) mass is 369 g/mol. The second-order valence-corrected chi connectivity index (χ2v) is 6.43. The number of nitrogens with zero attached hydrogens (tertiary/aromatic N) is 2. The molecule has 1 amide bonds. The average molecular weight is 369 g/mol. The van der Waals surface area contributed by atoms with Gasteiger partial charge in [0, 0.05) is 42.2 Å². The molecule has 3 aromatic rings. The Hall–Kier alpha value is -2.93. The number of ether oxygens (including phenoxy) is 2. The lowest BCUT2D eigenvalue weighted by Crippen LogP contribution is -2.13. The van der Waals surface area contributed by atoms with E-state index in [4.69, 9.17) is 9.47 Å². The average Bonchev–Trinajstić information content (AvgIpc) is 3.16. The number of methoxy groups -OCH3 is 2. The largest absolute Gasteiger partial charge is 0.497 e. The molecule has 0 saturated carbocycles. The number of anilines is 1. The Bertz CT molecular complexity index is 881. The summed E-state index contributed by atoms with van der Waals surface area (Å²) in [5, 5.41) is 5.77. The third-order valence-electron chi connectivity index (χ3n) is 3.76. The Morgan fingerprint density at radius 3 is 2.85 bits per heavy atom. The zero-order chi connectivity index (χ0) is 18.4. The van der Waals surface area contributed by atoms with Crippen molar-refractivity contribution in [2.24, 2.45) is 0 Å². The van der Waals surface area contributed by atoms with Gasteiger partial charge in [-0.3, -0.25) is 9.78 Å². The molecule has 6 nitrogen and oxygen atoms in total. The molecule has 0 fully saturated rings. The standard InChI is InChI=1S/C19H19N3O3S/c1-24-14-5-6-15(17(10-14)25-2)21-18(23)7-8-19-22-16(12-26-19)13-4-3-9-20-11-13/h3-6,9-12H,7-8H2,1-2H3,(H,21,23). The smallest absolute Gasteiger partial charge is 0.224 e. The van der Waals surface area contributed by atoms with Crippen LogP contribution in [-0.2, 0) is 11.2 Å². The van der Waals surface area contributed by atoms with Crippen LogP contribution in [0, 0.1) is 0 Å². The van der Waals surface area contributed by atoms with Gasteiger partial charge >= 0.3 is 0 Å². The number of nitrogens with one attached hydrogen (secondary N) is 1. The number of hydrogen-bond donors (Lipinski definition) is 1. The summed E-state index contributed by atoms with van der Waals surface area (Å²) < 4.78 is 10.4. The Balaban J connectivity index is 1.59. The molecular formula is C19H19N3O3S.